The Morgan fingerprint density at radius 2 is 1.93 bits per heavy atom. The van der Waals surface area contributed by atoms with Crippen LogP contribution in [0, 0.1) is 5.41 Å². The van der Waals surface area contributed by atoms with Crippen LogP contribution >= 0.6 is 11.6 Å². The topological polar surface area (TPSA) is 38.0 Å². The first-order valence-corrected chi connectivity index (χ1v) is 5.50. The largest absolute Gasteiger partial charge is 0.397 e. The van der Waals surface area contributed by atoms with Gasteiger partial charge >= 0.3 is 0 Å². The Labute approximate surface area is 96.8 Å². The number of anilines is 2. The van der Waals surface area contributed by atoms with E-state index in [-0.39, 0.29) is 5.41 Å². The van der Waals surface area contributed by atoms with E-state index < -0.39 is 0 Å². The van der Waals surface area contributed by atoms with Gasteiger partial charge in [0, 0.05) is 6.04 Å². The number of para-hydroxylation sites is 1. The van der Waals surface area contributed by atoms with Gasteiger partial charge in [-0.25, -0.2) is 0 Å². The summed E-state index contributed by atoms with van der Waals surface area (Å²) in [6.07, 6.45) is 0. The van der Waals surface area contributed by atoms with Gasteiger partial charge in [0.25, 0.3) is 0 Å². The summed E-state index contributed by atoms with van der Waals surface area (Å²) in [5.41, 5.74) is 7.57. The van der Waals surface area contributed by atoms with Gasteiger partial charge in [-0.3, -0.25) is 0 Å². The second-order valence-electron chi connectivity index (χ2n) is 4.94. The molecule has 1 unspecified atom stereocenters. The molecule has 1 aromatic carbocycles. The van der Waals surface area contributed by atoms with Crippen LogP contribution in [0.5, 0.6) is 0 Å². The van der Waals surface area contributed by atoms with Crippen LogP contribution in [0.3, 0.4) is 0 Å². The van der Waals surface area contributed by atoms with Crippen molar-refractivity contribution in [2.24, 2.45) is 5.41 Å². The fourth-order valence-corrected chi connectivity index (χ4v) is 1.36. The van der Waals surface area contributed by atoms with Gasteiger partial charge in [0.2, 0.25) is 0 Å². The zero-order valence-electron chi connectivity index (χ0n) is 9.76. The zero-order valence-corrected chi connectivity index (χ0v) is 10.5. The first kappa shape index (κ1) is 12.2. The van der Waals surface area contributed by atoms with Crippen LogP contribution in [-0.2, 0) is 0 Å². The van der Waals surface area contributed by atoms with Crippen molar-refractivity contribution in [2.75, 3.05) is 11.1 Å². The Kier molecular flexibility index (Phi) is 3.50. The number of nitrogens with two attached hydrogens (primary N) is 1. The molecule has 0 saturated heterocycles. The van der Waals surface area contributed by atoms with Crippen LogP contribution in [0.15, 0.2) is 18.2 Å². The highest BCUT2D eigenvalue weighted by atomic mass is 35.5. The molecular weight excluding hydrogens is 208 g/mol. The number of hydrogen-bond donors (Lipinski definition) is 2. The highest BCUT2D eigenvalue weighted by Gasteiger charge is 2.21. The summed E-state index contributed by atoms with van der Waals surface area (Å²) in [5.74, 6) is 0. The summed E-state index contributed by atoms with van der Waals surface area (Å²) in [4.78, 5) is 0. The Bertz CT molecular complexity index is 322. The van der Waals surface area contributed by atoms with Gasteiger partial charge in [0.05, 0.1) is 16.4 Å². The summed E-state index contributed by atoms with van der Waals surface area (Å²) in [7, 11) is 0. The van der Waals surface area contributed by atoms with E-state index in [9.17, 15) is 0 Å². The van der Waals surface area contributed by atoms with E-state index >= 15 is 0 Å². The van der Waals surface area contributed by atoms with Crippen molar-refractivity contribution in [1.29, 1.82) is 0 Å². The van der Waals surface area contributed by atoms with Crippen LogP contribution in [0.1, 0.15) is 27.7 Å². The third-order valence-electron chi connectivity index (χ3n) is 2.71. The number of benzene rings is 1. The number of nitrogen functional groups attached to an aromatic ring is 1. The van der Waals surface area contributed by atoms with Crippen molar-refractivity contribution in [3.05, 3.63) is 23.2 Å². The standard InChI is InChI=1S/C12H19ClN2/c1-8(12(2,3)4)15-11-9(13)6-5-7-10(11)14/h5-8,15H,14H2,1-4H3. The molecule has 1 atom stereocenters. The third-order valence-corrected chi connectivity index (χ3v) is 3.02. The lowest BCUT2D eigenvalue weighted by molar-refractivity contribution is 0.359. The summed E-state index contributed by atoms with van der Waals surface area (Å²) in [6.45, 7) is 8.66. The van der Waals surface area contributed by atoms with Crippen molar-refractivity contribution < 1.29 is 0 Å². The second-order valence-corrected chi connectivity index (χ2v) is 5.34. The minimum Gasteiger partial charge on any atom is -0.397 e. The Morgan fingerprint density at radius 3 is 2.40 bits per heavy atom. The van der Waals surface area contributed by atoms with E-state index in [0.29, 0.717) is 16.8 Å². The lowest BCUT2D eigenvalue weighted by Crippen LogP contribution is -2.31. The number of hydrogen-bond acceptors (Lipinski definition) is 2. The Hall–Kier alpha value is -0.890. The molecule has 0 spiro atoms. The summed E-state index contributed by atoms with van der Waals surface area (Å²) in [5, 5.41) is 4.03. The van der Waals surface area contributed by atoms with Crippen molar-refractivity contribution >= 4 is 23.0 Å². The molecule has 0 saturated carbocycles. The monoisotopic (exact) mass is 226 g/mol. The molecule has 3 N–H and O–H groups in total. The van der Waals surface area contributed by atoms with Crippen LogP contribution < -0.4 is 11.1 Å². The van der Waals surface area contributed by atoms with E-state index in [4.69, 9.17) is 17.3 Å². The van der Waals surface area contributed by atoms with Crippen molar-refractivity contribution in [2.45, 2.75) is 33.7 Å². The first-order valence-electron chi connectivity index (χ1n) is 5.13. The molecular formula is C12H19ClN2. The van der Waals surface area contributed by atoms with Crippen LogP contribution in [0.4, 0.5) is 11.4 Å². The van der Waals surface area contributed by atoms with E-state index in [1.54, 1.807) is 0 Å². The number of rotatable bonds is 2. The summed E-state index contributed by atoms with van der Waals surface area (Å²) in [6, 6.07) is 5.85. The molecule has 0 aliphatic heterocycles. The first-order chi connectivity index (χ1) is 6.82. The van der Waals surface area contributed by atoms with Gasteiger partial charge in [-0.2, -0.15) is 0 Å². The maximum atomic E-state index is 6.08. The van der Waals surface area contributed by atoms with Gasteiger partial charge in [0.1, 0.15) is 0 Å². The molecule has 15 heavy (non-hydrogen) atoms. The fourth-order valence-electron chi connectivity index (χ4n) is 1.13. The van der Waals surface area contributed by atoms with Crippen LogP contribution in [0.2, 0.25) is 5.02 Å². The van der Waals surface area contributed by atoms with Gasteiger partial charge in [0.15, 0.2) is 0 Å². The molecule has 0 amide bonds. The normalized spacial score (nSPS) is 13.7. The van der Waals surface area contributed by atoms with Crippen molar-refractivity contribution in [3.63, 3.8) is 0 Å². The average Bonchev–Trinajstić information content (AvgIpc) is 2.09. The average molecular weight is 227 g/mol. The van der Waals surface area contributed by atoms with Crippen molar-refractivity contribution in [1.82, 2.24) is 0 Å². The predicted octanol–water partition coefficient (Wildman–Crippen LogP) is 3.77. The van der Waals surface area contributed by atoms with Gasteiger partial charge in [-0.1, -0.05) is 38.4 Å². The second kappa shape index (κ2) is 4.31. The SMILES string of the molecule is CC(Nc1c(N)cccc1Cl)C(C)(C)C. The number of halogens is 1. The zero-order chi connectivity index (χ0) is 11.6. The molecule has 0 radical (unpaired) electrons. The fraction of sp³-hybridized carbons (Fsp3) is 0.500. The van der Waals surface area contributed by atoms with Crippen LogP contribution in [0.25, 0.3) is 0 Å². The molecule has 0 aliphatic carbocycles. The Balaban J connectivity index is 2.90. The molecule has 0 heterocycles. The van der Waals surface area contributed by atoms with E-state index in [1.165, 1.54) is 0 Å². The van der Waals surface area contributed by atoms with Gasteiger partial charge in [-0.15, -0.1) is 0 Å². The molecule has 0 bridgehead atoms. The molecule has 3 heteroatoms. The molecule has 2 nitrogen and oxygen atoms in total. The lowest BCUT2D eigenvalue weighted by Gasteiger charge is -2.29. The van der Waals surface area contributed by atoms with Crippen molar-refractivity contribution in [3.8, 4) is 0 Å². The van der Waals surface area contributed by atoms with E-state index in [1.807, 2.05) is 18.2 Å². The van der Waals surface area contributed by atoms with Crippen LogP contribution in [-0.4, -0.2) is 6.04 Å². The minimum absolute atomic E-state index is 0.172. The van der Waals surface area contributed by atoms with E-state index in [0.717, 1.165) is 5.69 Å². The predicted molar refractivity (Wildman–Crippen MR) is 68.4 cm³/mol. The highest BCUT2D eigenvalue weighted by Crippen LogP contribution is 2.31. The third kappa shape index (κ3) is 3.03. The minimum atomic E-state index is 0.172. The molecule has 1 aromatic rings. The smallest absolute Gasteiger partial charge is 0.0765 e. The molecule has 0 aromatic heterocycles. The summed E-state index contributed by atoms with van der Waals surface area (Å²) < 4.78 is 0. The quantitative estimate of drug-likeness (QED) is 0.754. The van der Waals surface area contributed by atoms with E-state index in [2.05, 4.69) is 33.0 Å². The van der Waals surface area contributed by atoms with Gasteiger partial charge < -0.3 is 11.1 Å². The molecule has 0 aliphatic rings. The highest BCUT2D eigenvalue weighted by molar-refractivity contribution is 6.33. The number of nitrogens with one attached hydrogen (secondary N) is 1. The molecule has 0 fully saturated rings. The molecule has 1 rings (SSSR count). The van der Waals surface area contributed by atoms with Gasteiger partial charge in [-0.05, 0) is 24.5 Å². The maximum Gasteiger partial charge on any atom is 0.0765 e. The molecule has 84 valence electrons. The summed E-state index contributed by atoms with van der Waals surface area (Å²) >= 11 is 6.08. The lowest BCUT2D eigenvalue weighted by atomic mass is 9.88. The maximum absolute atomic E-state index is 6.08. The Morgan fingerprint density at radius 1 is 1.33 bits per heavy atom.